The van der Waals surface area contributed by atoms with Gasteiger partial charge in [0.2, 0.25) is 11.9 Å². The number of aromatic nitrogens is 3. The van der Waals surface area contributed by atoms with Crippen molar-refractivity contribution in [2.75, 3.05) is 11.9 Å². The second kappa shape index (κ2) is 5.96. The van der Waals surface area contributed by atoms with Crippen molar-refractivity contribution in [3.05, 3.63) is 34.6 Å². The van der Waals surface area contributed by atoms with Gasteiger partial charge in [0, 0.05) is 11.6 Å². The molecule has 1 aliphatic rings. The lowest BCUT2D eigenvalue weighted by atomic mass is 9.96. The molecule has 0 spiro atoms. The van der Waals surface area contributed by atoms with E-state index in [1.165, 1.54) is 0 Å². The van der Waals surface area contributed by atoms with Gasteiger partial charge in [0.25, 0.3) is 0 Å². The minimum atomic E-state index is -0.270. The average Bonchev–Trinajstić information content (AvgIpc) is 2.86. The zero-order chi connectivity index (χ0) is 15.7. The van der Waals surface area contributed by atoms with E-state index >= 15 is 0 Å². The zero-order valence-corrected chi connectivity index (χ0v) is 13.2. The number of rotatable bonds is 3. The number of benzene rings is 1. The van der Waals surface area contributed by atoms with Gasteiger partial charge in [-0.1, -0.05) is 11.6 Å². The molecule has 6 nitrogen and oxygen atoms in total. The molecule has 7 heteroatoms. The van der Waals surface area contributed by atoms with Gasteiger partial charge >= 0.3 is 0 Å². The minimum Gasteiger partial charge on any atom is -0.492 e. The van der Waals surface area contributed by atoms with Gasteiger partial charge in [-0.3, -0.25) is 10.1 Å². The number of carbonyl (C=O) groups excluding carboxylic acids is 1. The van der Waals surface area contributed by atoms with E-state index in [1.54, 1.807) is 17.7 Å². The van der Waals surface area contributed by atoms with Crippen molar-refractivity contribution in [3.63, 3.8) is 0 Å². The quantitative estimate of drug-likeness (QED) is 0.943. The fourth-order valence-corrected chi connectivity index (χ4v) is 2.71. The Hall–Kier alpha value is -2.08. The van der Waals surface area contributed by atoms with Gasteiger partial charge in [0.05, 0.1) is 5.92 Å². The maximum absolute atomic E-state index is 12.4. The Bertz CT molecular complexity index is 714. The highest BCUT2D eigenvalue weighted by molar-refractivity contribution is 6.30. The number of halogens is 1. The molecule has 0 fully saturated rings. The summed E-state index contributed by atoms with van der Waals surface area (Å²) in [5, 5.41) is 7.70. The van der Waals surface area contributed by atoms with Gasteiger partial charge < -0.3 is 4.74 Å². The van der Waals surface area contributed by atoms with Crippen LogP contribution in [0.3, 0.4) is 0 Å². The highest BCUT2D eigenvalue weighted by Crippen LogP contribution is 2.30. The van der Waals surface area contributed by atoms with Gasteiger partial charge in [0.1, 0.15) is 18.2 Å². The largest absolute Gasteiger partial charge is 0.492 e. The van der Waals surface area contributed by atoms with Crippen molar-refractivity contribution in [2.45, 2.75) is 26.8 Å². The lowest BCUT2D eigenvalue weighted by Crippen LogP contribution is -2.33. The molecule has 1 aliphatic heterocycles. The van der Waals surface area contributed by atoms with Gasteiger partial charge in [-0.05, 0) is 44.0 Å². The van der Waals surface area contributed by atoms with Crippen LogP contribution in [0.5, 0.6) is 5.75 Å². The summed E-state index contributed by atoms with van der Waals surface area (Å²) >= 11 is 6.00. The molecule has 22 heavy (non-hydrogen) atoms. The topological polar surface area (TPSA) is 69.0 Å². The number of hydrogen-bond donors (Lipinski definition) is 1. The first-order chi connectivity index (χ1) is 10.6. The third-order valence-corrected chi connectivity index (χ3v) is 3.85. The summed E-state index contributed by atoms with van der Waals surface area (Å²) in [4.78, 5) is 16.7. The Kier molecular flexibility index (Phi) is 4.02. The van der Waals surface area contributed by atoms with Crippen molar-refractivity contribution < 1.29 is 9.53 Å². The third-order valence-electron chi connectivity index (χ3n) is 3.61. The summed E-state index contributed by atoms with van der Waals surface area (Å²) in [5.74, 6) is 1.51. The van der Waals surface area contributed by atoms with E-state index in [2.05, 4.69) is 15.4 Å². The monoisotopic (exact) mass is 320 g/mol. The molecule has 0 aliphatic carbocycles. The molecule has 1 unspecified atom stereocenters. The Morgan fingerprint density at radius 3 is 3.14 bits per heavy atom. The van der Waals surface area contributed by atoms with Crippen LogP contribution in [0.1, 0.15) is 18.3 Å². The van der Waals surface area contributed by atoms with Crippen LogP contribution in [0.25, 0.3) is 0 Å². The van der Waals surface area contributed by atoms with Crippen LogP contribution in [-0.4, -0.2) is 27.3 Å². The molecule has 2 heterocycles. The maximum Gasteiger partial charge on any atom is 0.233 e. The number of nitrogens with zero attached hydrogens (tertiary/aromatic N) is 3. The van der Waals surface area contributed by atoms with Crippen LogP contribution in [0, 0.1) is 12.8 Å². The zero-order valence-electron chi connectivity index (χ0n) is 12.5. The van der Waals surface area contributed by atoms with E-state index < -0.39 is 0 Å². The van der Waals surface area contributed by atoms with Crippen LogP contribution >= 0.6 is 11.6 Å². The molecule has 0 saturated heterocycles. The van der Waals surface area contributed by atoms with Gasteiger partial charge in [-0.15, -0.1) is 0 Å². The normalized spacial score (nSPS) is 16.8. The minimum absolute atomic E-state index is 0.118. The average molecular weight is 321 g/mol. The number of aryl methyl sites for hydroxylation is 2. The Balaban J connectivity index is 1.73. The second-order valence-electron chi connectivity index (χ2n) is 5.25. The number of nitrogens with one attached hydrogen (secondary N) is 1. The van der Waals surface area contributed by atoms with E-state index in [0.29, 0.717) is 36.4 Å². The van der Waals surface area contributed by atoms with E-state index in [4.69, 9.17) is 16.3 Å². The molecule has 1 aromatic heterocycles. The number of anilines is 1. The van der Waals surface area contributed by atoms with E-state index in [1.807, 2.05) is 19.1 Å². The highest BCUT2D eigenvalue weighted by atomic mass is 35.5. The fourth-order valence-electron chi connectivity index (χ4n) is 2.51. The molecule has 1 aromatic carbocycles. The maximum atomic E-state index is 12.4. The third kappa shape index (κ3) is 2.92. The Morgan fingerprint density at radius 2 is 2.36 bits per heavy atom. The highest BCUT2D eigenvalue weighted by Gasteiger charge is 2.27. The molecular weight excluding hydrogens is 304 g/mol. The van der Waals surface area contributed by atoms with Crippen molar-refractivity contribution >= 4 is 23.5 Å². The predicted molar refractivity (Wildman–Crippen MR) is 83.2 cm³/mol. The Labute approximate surface area is 133 Å². The SMILES string of the molecule is CCn1nc(C)nc1NC(=O)C1COc2ccc(Cl)cc2C1. The Morgan fingerprint density at radius 1 is 1.55 bits per heavy atom. The van der Waals surface area contributed by atoms with Gasteiger partial charge in [0.15, 0.2) is 0 Å². The molecule has 1 amide bonds. The number of fused-ring (bicyclic) bond motifs is 1. The summed E-state index contributed by atoms with van der Waals surface area (Å²) in [5.41, 5.74) is 0.951. The molecule has 0 saturated carbocycles. The molecule has 0 bridgehead atoms. The first-order valence-corrected chi connectivity index (χ1v) is 7.58. The van der Waals surface area contributed by atoms with Crippen molar-refractivity contribution in [1.29, 1.82) is 0 Å². The van der Waals surface area contributed by atoms with Crippen LogP contribution in [0.15, 0.2) is 18.2 Å². The van der Waals surface area contributed by atoms with Gasteiger partial charge in [-0.25, -0.2) is 4.68 Å². The summed E-state index contributed by atoms with van der Waals surface area (Å²) in [6.07, 6.45) is 0.598. The summed E-state index contributed by atoms with van der Waals surface area (Å²) < 4.78 is 7.32. The van der Waals surface area contributed by atoms with Gasteiger partial charge in [-0.2, -0.15) is 10.1 Å². The number of amides is 1. The van der Waals surface area contributed by atoms with Crippen LogP contribution < -0.4 is 10.1 Å². The van der Waals surface area contributed by atoms with Crippen LogP contribution in [0.2, 0.25) is 5.02 Å². The van der Waals surface area contributed by atoms with Crippen molar-refractivity contribution in [2.24, 2.45) is 5.92 Å². The predicted octanol–water partition coefficient (Wildman–Crippen LogP) is 2.45. The van der Waals surface area contributed by atoms with E-state index in [0.717, 1.165) is 11.3 Å². The van der Waals surface area contributed by atoms with E-state index in [-0.39, 0.29) is 11.8 Å². The van der Waals surface area contributed by atoms with Crippen LogP contribution in [0.4, 0.5) is 5.95 Å². The first-order valence-electron chi connectivity index (χ1n) is 7.20. The smallest absolute Gasteiger partial charge is 0.233 e. The molecule has 1 N–H and O–H groups in total. The number of carbonyl (C=O) groups is 1. The summed E-state index contributed by atoms with van der Waals surface area (Å²) in [7, 11) is 0. The van der Waals surface area contributed by atoms with Crippen LogP contribution in [-0.2, 0) is 17.8 Å². The van der Waals surface area contributed by atoms with E-state index in [9.17, 15) is 4.79 Å². The lowest BCUT2D eigenvalue weighted by molar-refractivity contribution is -0.121. The van der Waals surface area contributed by atoms with Crippen molar-refractivity contribution in [1.82, 2.24) is 14.8 Å². The van der Waals surface area contributed by atoms with Crippen molar-refractivity contribution in [3.8, 4) is 5.75 Å². The first kappa shape index (κ1) is 14.8. The standard InChI is InChI=1S/C15H17ClN4O2/c1-3-20-15(17-9(2)19-20)18-14(21)11-6-10-7-12(16)4-5-13(10)22-8-11/h4-5,7,11H,3,6,8H2,1-2H3,(H,17,18,19,21). The summed E-state index contributed by atoms with van der Waals surface area (Å²) in [6.45, 7) is 4.74. The second-order valence-corrected chi connectivity index (χ2v) is 5.69. The molecule has 0 radical (unpaired) electrons. The molecule has 1 atom stereocenters. The molecule has 116 valence electrons. The fraction of sp³-hybridized carbons (Fsp3) is 0.400. The summed E-state index contributed by atoms with van der Waals surface area (Å²) in [6, 6.07) is 5.46. The number of ether oxygens (including phenoxy) is 1. The number of hydrogen-bond acceptors (Lipinski definition) is 4. The lowest BCUT2D eigenvalue weighted by Gasteiger charge is -2.24. The molecular formula is C15H17ClN4O2. The molecule has 2 aromatic rings. The molecule has 3 rings (SSSR count).